The summed E-state index contributed by atoms with van der Waals surface area (Å²) in [6.45, 7) is 7.39. The summed E-state index contributed by atoms with van der Waals surface area (Å²) in [5, 5.41) is 21.0. The first-order valence-corrected chi connectivity index (χ1v) is 13.3. The standard InChI is InChI=1S/C29H25ClN4O4S/c1-15-11-21-25(39-26(34-21)17-9-10-31-20(12-17)18-13-32-28(37)33-14-18)23(16-5-7-19(30)8-6-16)22(15)24(27(35)36)38-29(2,3)4/h5-14,24H,1-4H3,(H,35,36)(H,32,33,37). The number of carboxylic acid groups (broad SMARTS) is 1. The molecular formula is C29H25ClN4O4S. The second kappa shape index (κ2) is 10.3. The van der Waals surface area contributed by atoms with Crippen LogP contribution in [0.5, 0.6) is 6.01 Å². The van der Waals surface area contributed by atoms with Crippen LogP contribution in [0.25, 0.3) is 43.2 Å². The molecule has 0 radical (unpaired) electrons. The van der Waals surface area contributed by atoms with Crippen LogP contribution < -0.4 is 0 Å². The number of carboxylic acids is 1. The van der Waals surface area contributed by atoms with Crippen LogP contribution in [0.3, 0.4) is 0 Å². The first kappa shape index (κ1) is 26.7. The number of nitrogens with zero attached hydrogens (tertiary/aromatic N) is 4. The average molecular weight is 561 g/mol. The topological polar surface area (TPSA) is 118 Å². The van der Waals surface area contributed by atoms with Gasteiger partial charge in [-0.2, -0.15) is 0 Å². The van der Waals surface area contributed by atoms with Crippen molar-refractivity contribution < 1.29 is 19.7 Å². The number of benzene rings is 2. The van der Waals surface area contributed by atoms with Crippen molar-refractivity contribution >= 4 is 39.1 Å². The fourth-order valence-electron chi connectivity index (χ4n) is 4.34. The van der Waals surface area contributed by atoms with E-state index in [1.165, 1.54) is 23.7 Å². The zero-order chi connectivity index (χ0) is 27.9. The van der Waals surface area contributed by atoms with Gasteiger partial charge in [0.05, 0.1) is 21.5 Å². The number of rotatable bonds is 6. The second-order valence-electron chi connectivity index (χ2n) is 10.0. The molecule has 2 aromatic carbocycles. The van der Waals surface area contributed by atoms with E-state index >= 15 is 0 Å². The summed E-state index contributed by atoms with van der Waals surface area (Å²) in [4.78, 5) is 29.6. The van der Waals surface area contributed by atoms with E-state index in [0.717, 1.165) is 37.5 Å². The number of halogens is 1. The van der Waals surface area contributed by atoms with Crippen molar-refractivity contribution in [3.63, 3.8) is 0 Å². The maximum absolute atomic E-state index is 12.5. The lowest BCUT2D eigenvalue weighted by atomic mass is 9.91. The van der Waals surface area contributed by atoms with Crippen LogP contribution in [0.2, 0.25) is 5.02 Å². The summed E-state index contributed by atoms with van der Waals surface area (Å²) in [5.41, 5.74) is 5.08. The number of pyridine rings is 1. The van der Waals surface area contributed by atoms with E-state index in [9.17, 15) is 15.0 Å². The third-order valence-corrected chi connectivity index (χ3v) is 7.35. The summed E-state index contributed by atoms with van der Waals surface area (Å²) in [5.74, 6) is -1.07. The maximum Gasteiger partial charge on any atom is 0.337 e. The van der Waals surface area contributed by atoms with Gasteiger partial charge in [0.25, 0.3) is 0 Å². The number of aliphatic carboxylic acids is 1. The van der Waals surface area contributed by atoms with Gasteiger partial charge in [0.2, 0.25) is 0 Å². The zero-order valence-electron chi connectivity index (χ0n) is 21.6. The molecule has 1 atom stereocenters. The average Bonchev–Trinajstić information content (AvgIpc) is 3.31. The molecule has 0 amide bonds. The Morgan fingerprint density at radius 2 is 1.69 bits per heavy atom. The van der Waals surface area contributed by atoms with Crippen LogP contribution in [0.15, 0.2) is 61.1 Å². The molecule has 39 heavy (non-hydrogen) atoms. The third-order valence-electron chi connectivity index (χ3n) is 5.96. The van der Waals surface area contributed by atoms with E-state index < -0.39 is 17.7 Å². The summed E-state index contributed by atoms with van der Waals surface area (Å²) in [6.07, 6.45) is 3.50. The molecule has 0 saturated heterocycles. The van der Waals surface area contributed by atoms with Crippen molar-refractivity contribution in [1.82, 2.24) is 19.9 Å². The lowest BCUT2D eigenvalue weighted by Crippen LogP contribution is -2.28. The highest BCUT2D eigenvalue weighted by atomic mass is 35.5. The molecule has 0 bridgehead atoms. The smallest absolute Gasteiger partial charge is 0.337 e. The fraction of sp³-hybridized carbons (Fsp3) is 0.207. The molecule has 0 spiro atoms. The van der Waals surface area contributed by atoms with Crippen LogP contribution in [-0.2, 0) is 9.53 Å². The molecule has 3 heterocycles. The molecule has 5 aromatic rings. The van der Waals surface area contributed by atoms with Crippen molar-refractivity contribution in [2.24, 2.45) is 0 Å². The Bertz CT molecular complexity index is 1680. The normalized spacial score (nSPS) is 12.5. The number of fused-ring (bicyclic) bond motifs is 1. The van der Waals surface area contributed by atoms with Crippen LogP contribution in [-0.4, -0.2) is 41.7 Å². The van der Waals surface area contributed by atoms with Gasteiger partial charge < -0.3 is 14.9 Å². The molecule has 10 heteroatoms. The summed E-state index contributed by atoms with van der Waals surface area (Å²) in [7, 11) is 0. The quantitative estimate of drug-likeness (QED) is 0.226. The van der Waals surface area contributed by atoms with Crippen LogP contribution in [0.1, 0.15) is 38.0 Å². The van der Waals surface area contributed by atoms with Crippen molar-refractivity contribution in [3.05, 3.63) is 77.2 Å². The highest BCUT2D eigenvalue weighted by Gasteiger charge is 2.32. The van der Waals surface area contributed by atoms with Crippen molar-refractivity contribution in [1.29, 1.82) is 0 Å². The molecule has 0 aliphatic rings. The van der Waals surface area contributed by atoms with E-state index in [1.54, 1.807) is 18.3 Å². The highest BCUT2D eigenvalue weighted by Crippen LogP contribution is 2.44. The molecule has 2 N–H and O–H groups in total. The van der Waals surface area contributed by atoms with E-state index in [1.807, 2.05) is 58.0 Å². The van der Waals surface area contributed by atoms with E-state index in [2.05, 4.69) is 15.0 Å². The SMILES string of the molecule is Cc1cc2nc(-c3ccnc(-c4cnc(O)nc4)c3)sc2c(-c2ccc(Cl)cc2)c1C(OC(C)(C)C)C(=O)O. The molecule has 198 valence electrons. The lowest BCUT2D eigenvalue weighted by molar-refractivity contribution is -0.160. The molecule has 5 rings (SSSR count). The van der Waals surface area contributed by atoms with Crippen molar-refractivity contribution in [2.45, 2.75) is 39.4 Å². The minimum Gasteiger partial charge on any atom is -0.479 e. The van der Waals surface area contributed by atoms with E-state index in [0.29, 0.717) is 21.8 Å². The number of aryl methyl sites for hydroxylation is 1. The number of hydrogen-bond acceptors (Lipinski definition) is 8. The van der Waals surface area contributed by atoms with Gasteiger partial charge in [-0.15, -0.1) is 11.3 Å². The number of ether oxygens (including phenoxy) is 1. The minimum absolute atomic E-state index is 0.308. The number of carbonyl (C=O) groups is 1. The lowest BCUT2D eigenvalue weighted by Gasteiger charge is -2.28. The molecule has 0 aliphatic heterocycles. The van der Waals surface area contributed by atoms with Gasteiger partial charge in [-0.3, -0.25) is 4.98 Å². The monoisotopic (exact) mass is 560 g/mol. The Hall–Kier alpha value is -3.92. The highest BCUT2D eigenvalue weighted by molar-refractivity contribution is 7.22. The number of aromatic nitrogens is 4. The minimum atomic E-state index is -1.19. The van der Waals surface area contributed by atoms with Gasteiger partial charge in [0.1, 0.15) is 5.01 Å². The largest absolute Gasteiger partial charge is 0.479 e. The Labute approximate surface area is 234 Å². The summed E-state index contributed by atoms with van der Waals surface area (Å²) >= 11 is 7.65. The Kier molecular flexibility index (Phi) is 7.07. The number of thiazole rings is 1. The predicted molar refractivity (Wildman–Crippen MR) is 152 cm³/mol. The zero-order valence-corrected chi connectivity index (χ0v) is 23.2. The van der Waals surface area contributed by atoms with Crippen LogP contribution >= 0.6 is 22.9 Å². The maximum atomic E-state index is 12.5. The first-order chi connectivity index (χ1) is 18.5. The van der Waals surface area contributed by atoms with Gasteiger partial charge in [-0.05, 0) is 69.2 Å². The fourth-order valence-corrected chi connectivity index (χ4v) is 5.58. The molecular weight excluding hydrogens is 536 g/mol. The Morgan fingerprint density at radius 3 is 2.33 bits per heavy atom. The second-order valence-corrected chi connectivity index (χ2v) is 11.4. The summed E-state index contributed by atoms with van der Waals surface area (Å²) < 4.78 is 6.92. The number of aromatic hydroxyl groups is 1. The van der Waals surface area contributed by atoms with Gasteiger partial charge in [0, 0.05) is 45.9 Å². The molecule has 0 fully saturated rings. The van der Waals surface area contributed by atoms with Gasteiger partial charge in [0.15, 0.2) is 6.10 Å². The van der Waals surface area contributed by atoms with Gasteiger partial charge in [-0.1, -0.05) is 23.7 Å². The third kappa shape index (κ3) is 5.61. The van der Waals surface area contributed by atoms with Crippen LogP contribution in [0, 0.1) is 6.92 Å². The Morgan fingerprint density at radius 1 is 1.00 bits per heavy atom. The number of hydrogen-bond donors (Lipinski definition) is 2. The van der Waals surface area contributed by atoms with Crippen LogP contribution in [0.4, 0.5) is 0 Å². The molecule has 8 nitrogen and oxygen atoms in total. The summed E-state index contributed by atoms with van der Waals surface area (Å²) in [6, 6.07) is 12.7. The molecule has 0 aliphatic carbocycles. The molecule has 3 aromatic heterocycles. The van der Waals surface area contributed by atoms with Crippen molar-refractivity contribution in [3.8, 4) is 39.0 Å². The van der Waals surface area contributed by atoms with Crippen molar-refractivity contribution in [2.75, 3.05) is 0 Å². The Balaban J connectivity index is 1.73. The van der Waals surface area contributed by atoms with E-state index in [4.69, 9.17) is 21.3 Å². The predicted octanol–water partition coefficient (Wildman–Crippen LogP) is 7.09. The van der Waals surface area contributed by atoms with E-state index in [-0.39, 0.29) is 6.01 Å². The molecule has 0 saturated carbocycles. The molecule has 1 unspecified atom stereocenters. The first-order valence-electron chi connectivity index (χ1n) is 12.1. The van der Waals surface area contributed by atoms with Gasteiger partial charge >= 0.3 is 12.0 Å². The van der Waals surface area contributed by atoms with Gasteiger partial charge in [-0.25, -0.2) is 19.7 Å².